The highest BCUT2D eigenvalue weighted by Crippen LogP contribution is 2.35. The number of rotatable bonds is 11. The third-order valence-corrected chi connectivity index (χ3v) is 6.92. The predicted octanol–water partition coefficient (Wildman–Crippen LogP) is 3.92. The molecule has 3 amide bonds. The van der Waals surface area contributed by atoms with Gasteiger partial charge in [-0.15, -0.1) is 0 Å². The SMILES string of the molecule is CCOc1ccc(C(C(=O)NC(C)(C)CC)N(C(=O)c2snc(C(N)=O)c2N)c2cccc(OC)c2)cc1. The molecule has 0 saturated carbocycles. The molecule has 0 bridgehead atoms. The first-order valence-corrected chi connectivity index (χ1v) is 12.9. The van der Waals surface area contributed by atoms with Crippen LogP contribution in [-0.2, 0) is 4.79 Å². The molecule has 11 heteroatoms. The fourth-order valence-electron chi connectivity index (χ4n) is 3.70. The molecule has 38 heavy (non-hydrogen) atoms. The summed E-state index contributed by atoms with van der Waals surface area (Å²) in [6.45, 7) is 8.12. The Bertz CT molecular complexity index is 1310. The van der Waals surface area contributed by atoms with Gasteiger partial charge in [-0.1, -0.05) is 25.1 Å². The fraction of sp³-hybridized carbons (Fsp3) is 0.333. The van der Waals surface area contributed by atoms with Crippen LogP contribution < -0.4 is 31.2 Å². The van der Waals surface area contributed by atoms with Crippen molar-refractivity contribution in [3.05, 3.63) is 64.7 Å². The molecular weight excluding hydrogens is 506 g/mol. The molecule has 3 aromatic rings. The van der Waals surface area contributed by atoms with Gasteiger partial charge in [-0.05, 0) is 68.6 Å². The van der Waals surface area contributed by atoms with Crippen molar-refractivity contribution in [1.29, 1.82) is 0 Å². The van der Waals surface area contributed by atoms with Crippen LogP contribution in [0.25, 0.3) is 0 Å². The Morgan fingerprint density at radius 1 is 1.11 bits per heavy atom. The number of nitrogens with one attached hydrogen (secondary N) is 1. The zero-order valence-electron chi connectivity index (χ0n) is 22.1. The molecule has 202 valence electrons. The van der Waals surface area contributed by atoms with Crippen LogP contribution in [0.5, 0.6) is 11.5 Å². The van der Waals surface area contributed by atoms with Crippen molar-refractivity contribution in [3.63, 3.8) is 0 Å². The van der Waals surface area contributed by atoms with Crippen molar-refractivity contribution < 1.29 is 23.9 Å². The highest BCUT2D eigenvalue weighted by molar-refractivity contribution is 7.09. The summed E-state index contributed by atoms with van der Waals surface area (Å²) in [6, 6.07) is 12.6. The molecule has 1 unspecified atom stereocenters. The van der Waals surface area contributed by atoms with Crippen molar-refractivity contribution in [3.8, 4) is 11.5 Å². The van der Waals surface area contributed by atoms with E-state index in [2.05, 4.69) is 9.69 Å². The van der Waals surface area contributed by atoms with Gasteiger partial charge in [-0.25, -0.2) is 0 Å². The number of hydrogen-bond donors (Lipinski definition) is 3. The van der Waals surface area contributed by atoms with E-state index in [1.54, 1.807) is 48.5 Å². The van der Waals surface area contributed by atoms with Gasteiger partial charge in [0.05, 0.1) is 19.4 Å². The molecule has 1 atom stereocenters. The Morgan fingerprint density at radius 2 is 1.79 bits per heavy atom. The number of anilines is 2. The minimum atomic E-state index is -1.12. The lowest BCUT2D eigenvalue weighted by Gasteiger charge is -2.34. The number of hydrogen-bond acceptors (Lipinski definition) is 8. The lowest BCUT2D eigenvalue weighted by molar-refractivity contribution is -0.124. The molecule has 10 nitrogen and oxygen atoms in total. The highest BCUT2D eigenvalue weighted by Gasteiger charge is 2.37. The molecule has 5 N–H and O–H groups in total. The smallest absolute Gasteiger partial charge is 0.273 e. The number of aromatic nitrogens is 1. The van der Waals surface area contributed by atoms with Crippen LogP contribution in [0, 0.1) is 0 Å². The Hall–Kier alpha value is -4.12. The van der Waals surface area contributed by atoms with Gasteiger partial charge in [-0.3, -0.25) is 19.3 Å². The summed E-state index contributed by atoms with van der Waals surface area (Å²) < 4.78 is 14.9. The number of amides is 3. The zero-order valence-corrected chi connectivity index (χ0v) is 22.9. The van der Waals surface area contributed by atoms with Crippen molar-refractivity contribution >= 4 is 40.6 Å². The number of nitrogen functional groups attached to an aromatic ring is 1. The van der Waals surface area contributed by atoms with Crippen LogP contribution in [0.4, 0.5) is 11.4 Å². The number of carbonyl (C=O) groups excluding carboxylic acids is 3. The zero-order chi connectivity index (χ0) is 28.0. The van der Waals surface area contributed by atoms with E-state index in [-0.39, 0.29) is 16.3 Å². The van der Waals surface area contributed by atoms with Gasteiger partial charge in [0, 0.05) is 17.3 Å². The van der Waals surface area contributed by atoms with E-state index in [0.29, 0.717) is 35.8 Å². The molecular formula is C27H33N5O5S. The summed E-state index contributed by atoms with van der Waals surface area (Å²) in [5.41, 5.74) is 11.5. The Morgan fingerprint density at radius 3 is 2.34 bits per heavy atom. The number of carbonyl (C=O) groups is 3. The first kappa shape index (κ1) is 28.5. The van der Waals surface area contributed by atoms with Crippen LogP contribution in [0.15, 0.2) is 48.5 Å². The van der Waals surface area contributed by atoms with Crippen molar-refractivity contribution in [2.24, 2.45) is 5.73 Å². The molecule has 1 aromatic heterocycles. The number of methoxy groups -OCH3 is 1. The molecule has 3 rings (SSSR count). The van der Waals surface area contributed by atoms with E-state index < -0.39 is 29.3 Å². The van der Waals surface area contributed by atoms with Gasteiger partial charge in [0.2, 0.25) is 5.91 Å². The number of nitrogens with zero attached hydrogens (tertiary/aromatic N) is 2. The second-order valence-corrected chi connectivity index (χ2v) is 9.92. The van der Waals surface area contributed by atoms with Gasteiger partial charge in [0.25, 0.3) is 11.8 Å². The van der Waals surface area contributed by atoms with E-state index in [4.69, 9.17) is 20.9 Å². The molecule has 0 aliphatic carbocycles. The van der Waals surface area contributed by atoms with Crippen LogP contribution in [-0.4, -0.2) is 41.4 Å². The molecule has 0 aliphatic rings. The predicted molar refractivity (Wildman–Crippen MR) is 148 cm³/mol. The van der Waals surface area contributed by atoms with E-state index in [0.717, 1.165) is 11.5 Å². The monoisotopic (exact) mass is 539 g/mol. The van der Waals surface area contributed by atoms with Gasteiger partial charge >= 0.3 is 0 Å². The number of benzene rings is 2. The molecule has 1 heterocycles. The van der Waals surface area contributed by atoms with Crippen molar-refractivity contribution in [1.82, 2.24) is 9.69 Å². The summed E-state index contributed by atoms with van der Waals surface area (Å²) in [6.07, 6.45) is 0.658. The average molecular weight is 540 g/mol. The third kappa shape index (κ3) is 6.23. The standard InChI is InChI=1S/C27H33N5O5S/c1-6-27(3,4)30-25(34)22(16-11-13-18(14-12-16)37-7-2)32(17-9-8-10-19(15-17)36-5)26(35)23-20(28)21(24(29)33)31-38-23/h8-15,22H,6-7,28H2,1-5H3,(H2,29,33)(H,30,34). The summed E-state index contributed by atoms with van der Waals surface area (Å²) in [5.74, 6) is -0.771. The average Bonchev–Trinajstić information content (AvgIpc) is 3.29. The summed E-state index contributed by atoms with van der Waals surface area (Å²) in [7, 11) is 1.51. The topological polar surface area (TPSA) is 150 Å². The van der Waals surface area contributed by atoms with Crippen LogP contribution in [0.3, 0.4) is 0 Å². The molecule has 2 aromatic carbocycles. The maximum Gasteiger partial charge on any atom is 0.273 e. The normalized spacial score (nSPS) is 11.9. The van der Waals surface area contributed by atoms with Gasteiger partial charge in [-0.2, -0.15) is 4.37 Å². The molecule has 0 fully saturated rings. The van der Waals surface area contributed by atoms with Gasteiger partial charge in [0.15, 0.2) is 5.69 Å². The quantitative estimate of drug-likeness (QED) is 0.334. The molecule has 0 spiro atoms. The van der Waals surface area contributed by atoms with Crippen LogP contribution >= 0.6 is 11.5 Å². The van der Waals surface area contributed by atoms with Gasteiger partial charge in [0.1, 0.15) is 22.4 Å². The van der Waals surface area contributed by atoms with E-state index in [1.807, 2.05) is 27.7 Å². The summed E-state index contributed by atoms with van der Waals surface area (Å²) in [5, 5.41) is 3.05. The van der Waals surface area contributed by atoms with Crippen LogP contribution in [0.1, 0.15) is 65.9 Å². The lowest BCUT2D eigenvalue weighted by Crippen LogP contribution is -2.50. The summed E-state index contributed by atoms with van der Waals surface area (Å²) >= 11 is 0.747. The fourth-order valence-corrected chi connectivity index (χ4v) is 4.45. The largest absolute Gasteiger partial charge is 0.497 e. The Kier molecular flexibility index (Phi) is 8.95. The highest BCUT2D eigenvalue weighted by atomic mass is 32.1. The second-order valence-electron chi connectivity index (χ2n) is 9.15. The Labute approximate surface area is 226 Å². The first-order chi connectivity index (χ1) is 18.0. The number of nitrogens with two attached hydrogens (primary N) is 2. The lowest BCUT2D eigenvalue weighted by atomic mass is 9.98. The first-order valence-electron chi connectivity index (χ1n) is 12.1. The molecule has 0 radical (unpaired) electrons. The number of ether oxygens (including phenoxy) is 2. The number of primary amides is 1. The van der Waals surface area contributed by atoms with E-state index in [9.17, 15) is 14.4 Å². The van der Waals surface area contributed by atoms with Crippen molar-refractivity contribution in [2.75, 3.05) is 24.4 Å². The van der Waals surface area contributed by atoms with E-state index >= 15 is 0 Å². The third-order valence-electron chi connectivity index (χ3n) is 6.06. The van der Waals surface area contributed by atoms with Crippen LogP contribution in [0.2, 0.25) is 0 Å². The minimum Gasteiger partial charge on any atom is -0.497 e. The van der Waals surface area contributed by atoms with Gasteiger partial charge < -0.3 is 26.3 Å². The minimum absolute atomic E-state index is 0.0138. The molecule has 0 saturated heterocycles. The summed E-state index contributed by atoms with van der Waals surface area (Å²) in [4.78, 5) is 41.2. The maximum absolute atomic E-state index is 14.1. The second kappa shape index (κ2) is 12.0. The Balaban J connectivity index is 2.24. The maximum atomic E-state index is 14.1. The van der Waals surface area contributed by atoms with Crippen molar-refractivity contribution in [2.45, 2.75) is 45.7 Å². The molecule has 0 aliphatic heterocycles. The van der Waals surface area contributed by atoms with E-state index in [1.165, 1.54) is 12.0 Å².